The Bertz CT molecular complexity index is 1380. The highest BCUT2D eigenvalue weighted by Gasteiger charge is 2.49. The van der Waals surface area contributed by atoms with Crippen molar-refractivity contribution < 1.29 is 58.8 Å². The van der Waals surface area contributed by atoms with Gasteiger partial charge in [0.05, 0.1) is 6.61 Å². The number of aliphatic hydroxyl groups is 2. The monoisotopic (exact) mass is 898 g/mol. The molecule has 0 bridgehead atoms. The van der Waals surface area contributed by atoms with Gasteiger partial charge >= 0.3 is 13.8 Å². The molecule has 1 aromatic rings. The van der Waals surface area contributed by atoms with Crippen LogP contribution in [-0.4, -0.2) is 77.2 Å². The minimum atomic E-state index is -4.96. The molecule has 0 aromatic heterocycles. The van der Waals surface area contributed by atoms with E-state index < -0.39 is 49.7 Å². The van der Waals surface area contributed by atoms with E-state index in [0.29, 0.717) is 18.4 Å². The zero-order valence-electron chi connectivity index (χ0n) is 38.1. The summed E-state index contributed by atoms with van der Waals surface area (Å²) in [6.45, 7) is 3.45. The molecule has 0 amide bonds. The molecule has 0 aliphatic carbocycles. The SMILES string of the molecule is CCCCCCCC/C=C\CCCCCCCC(=O)C(O)(C(=O)CCCCCCC/C=C\CCCCCCCC)[C@@H](O)COP(=O)(O)O.N[C@@H](Cc1ccc(O)c(O)c1)C(=O)O. The van der Waals surface area contributed by atoms with Gasteiger partial charge < -0.3 is 41.1 Å². The zero-order valence-corrected chi connectivity index (χ0v) is 39.0. The van der Waals surface area contributed by atoms with E-state index in [9.17, 15) is 29.2 Å². The quantitative estimate of drug-likeness (QED) is 0.0101. The molecule has 1 rings (SSSR count). The van der Waals surface area contributed by atoms with E-state index in [2.05, 4.69) is 42.7 Å². The molecule has 0 fully saturated rings. The average Bonchev–Trinajstić information content (AvgIpc) is 3.23. The standard InChI is InChI=1S/C39H73O8P.C9H11NO4/c1-3-5-7-9-11-13-15-17-19-21-23-25-27-29-31-33-36(40)39(43,38(42)35-47-48(44,45)46)37(41)34-32-30-28-26-24-22-20-18-16-14-12-10-8-6-4-2;10-6(9(13)14)3-5-1-2-7(11)8(12)4-5/h17-20,38,42-43H,3-16,21-35H2,1-2H3,(H2,44,45,46);1-2,4,6,11-12H,3,10H2,(H,13,14)/b19-17-,20-18-;/t38-;6-/m00/s1. The van der Waals surface area contributed by atoms with Crippen LogP contribution < -0.4 is 5.73 Å². The number of carboxylic acids is 1. The van der Waals surface area contributed by atoms with Gasteiger partial charge in [-0.15, -0.1) is 0 Å². The van der Waals surface area contributed by atoms with Crippen LogP contribution in [0.25, 0.3) is 0 Å². The summed E-state index contributed by atoms with van der Waals surface area (Å²) in [5.41, 5.74) is 3.12. The number of aromatic hydroxyl groups is 2. The Kier molecular flexibility index (Phi) is 35.7. The number of hydrogen-bond donors (Lipinski definition) is 8. The van der Waals surface area contributed by atoms with Crippen molar-refractivity contribution in [2.75, 3.05) is 6.61 Å². The lowest BCUT2D eigenvalue weighted by atomic mass is 9.82. The number of carbonyl (C=O) groups excluding carboxylic acids is 2. The molecular formula is C48H84NO12P. The summed E-state index contributed by atoms with van der Waals surface area (Å²) in [6.07, 6.45) is 35.3. The van der Waals surface area contributed by atoms with E-state index in [1.54, 1.807) is 0 Å². The average molecular weight is 898 g/mol. The zero-order chi connectivity index (χ0) is 46.5. The number of carboxylic acid groups (broad SMARTS) is 1. The molecule has 0 aliphatic heterocycles. The summed E-state index contributed by atoms with van der Waals surface area (Å²) in [6, 6.07) is 3.09. The maximum atomic E-state index is 13.1. The first-order chi connectivity index (χ1) is 29.6. The van der Waals surface area contributed by atoms with Crippen LogP contribution in [0.2, 0.25) is 0 Å². The van der Waals surface area contributed by atoms with Gasteiger partial charge in [-0.05, 0) is 88.3 Å². The first kappa shape index (κ1) is 59.1. The number of unbranched alkanes of at least 4 members (excludes halogenated alkanes) is 22. The maximum Gasteiger partial charge on any atom is 0.469 e. The van der Waals surface area contributed by atoms with Crippen molar-refractivity contribution in [2.45, 2.75) is 218 Å². The van der Waals surface area contributed by atoms with E-state index >= 15 is 0 Å². The van der Waals surface area contributed by atoms with Crippen LogP contribution in [0.3, 0.4) is 0 Å². The highest BCUT2D eigenvalue weighted by atomic mass is 31.2. The molecule has 0 saturated carbocycles. The van der Waals surface area contributed by atoms with Crippen molar-refractivity contribution in [3.05, 3.63) is 48.1 Å². The molecule has 62 heavy (non-hydrogen) atoms. The molecule has 0 spiro atoms. The van der Waals surface area contributed by atoms with E-state index in [1.165, 1.54) is 95.2 Å². The van der Waals surface area contributed by atoms with Gasteiger partial charge in [0.1, 0.15) is 12.1 Å². The van der Waals surface area contributed by atoms with Crippen molar-refractivity contribution in [1.29, 1.82) is 0 Å². The largest absolute Gasteiger partial charge is 0.504 e. The Morgan fingerprint density at radius 2 is 1.02 bits per heavy atom. The molecule has 13 nitrogen and oxygen atoms in total. The Morgan fingerprint density at radius 3 is 1.37 bits per heavy atom. The number of phenolic OH excluding ortho intramolecular Hbond substituents is 2. The second-order valence-corrected chi connectivity index (χ2v) is 17.8. The van der Waals surface area contributed by atoms with Gasteiger partial charge in [-0.2, -0.15) is 0 Å². The third-order valence-corrected chi connectivity index (χ3v) is 11.4. The molecule has 0 heterocycles. The number of ketones is 2. The fraction of sp³-hybridized carbons (Fsp3) is 0.729. The molecule has 14 heteroatoms. The van der Waals surface area contributed by atoms with Crippen LogP contribution >= 0.6 is 7.82 Å². The minimum Gasteiger partial charge on any atom is -0.504 e. The molecular weight excluding hydrogens is 813 g/mol. The van der Waals surface area contributed by atoms with Gasteiger partial charge in [-0.3, -0.25) is 18.9 Å². The Morgan fingerprint density at radius 1 is 0.645 bits per heavy atom. The number of phosphoric ester groups is 1. The summed E-state index contributed by atoms with van der Waals surface area (Å²) >= 11 is 0. The topological polar surface area (TPSA) is 245 Å². The number of benzene rings is 1. The van der Waals surface area contributed by atoms with Crippen LogP contribution in [-0.2, 0) is 29.9 Å². The van der Waals surface area contributed by atoms with Crippen molar-refractivity contribution in [3.63, 3.8) is 0 Å². The highest BCUT2D eigenvalue weighted by Crippen LogP contribution is 2.37. The third kappa shape index (κ3) is 31.0. The number of nitrogens with two attached hydrogens (primary N) is 1. The molecule has 2 atom stereocenters. The molecule has 0 unspecified atom stereocenters. The number of aliphatic carboxylic acids is 1. The maximum absolute atomic E-state index is 13.1. The number of hydrogen-bond acceptors (Lipinski definition) is 10. The van der Waals surface area contributed by atoms with Crippen molar-refractivity contribution in [1.82, 2.24) is 0 Å². The minimum absolute atomic E-state index is 0.0975. The van der Waals surface area contributed by atoms with Crippen LogP contribution in [0.4, 0.5) is 0 Å². The van der Waals surface area contributed by atoms with Crippen LogP contribution in [0.15, 0.2) is 42.5 Å². The van der Waals surface area contributed by atoms with Crippen LogP contribution in [0, 0.1) is 0 Å². The molecule has 358 valence electrons. The molecule has 0 aliphatic rings. The third-order valence-electron chi connectivity index (χ3n) is 10.9. The second kappa shape index (κ2) is 37.5. The van der Waals surface area contributed by atoms with Crippen LogP contribution in [0.5, 0.6) is 11.5 Å². The van der Waals surface area contributed by atoms with Gasteiger partial charge in [0.15, 0.2) is 23.1 Å². The molecule has 9 N–H and O–H groups in total. The molecule has 0 radical (unpaired) electrons. The van der Waals surface area contributed by atoms with Gasteiger partial charge in [-0.1, -0.05) is 147 Å². The Hall–Kier alpha value is -2.90. The summed E-state index contributed by atoms with van der Waals surface area (Å²) < 4.78 is 15.5. The number of allylic oxidation sites excluding steroid dienone is 4. The van der Waals surface area contributed by atoms with E-state index in [0.717, 1.165) is 77.0 Å². The predicted octanol–water partition coefficient (Wildman–Crippen LogP) is 10.5. The van der Waals surface area contributed by atoms with Crippen molar-refractivity contribution >= 4 is 25.4 Å². The lowest BCUT2D eigenvalue weighted by molar-refractivity contribution is -0.166. The molecule has 1 aromatic carbocycles. The van der Waals surface area contributed by atoms with Crippen molar-refractivity contribution in [2.24, 2.45) is 5.73 Å². The first-order valence-electron chi connectivity index (χ1n) is 23.6. The Labute approximate surface area is 372 Å². The summed E-state index contributed by atoms with van der Waals surface area (Å²) in [5, 5.41) is 48.3. The van der Waals surface area contributed by atoms with E-state index in [-0.39, 0.29) is 30.8 Å². The Balaban J connectivity index is 0.00000223. The normalized spacial score (nSPS) is 13.0. The van der Waals surface area contributed by atoms with Gasteiger partial charge in [-0.25, -0.2) is 4.57 Å². The summed E-state index contributed by atoms with van der Waals surface area (Å²) in [5.74, 6) is -3.25. The predicted molar refractivity (Wildman–Crippen MR) is 247 cm³/mol. The molecule has 0 saturated heterocycles. The number of aliphatic hydroxyl groups excluding tert-OH is 1. The second-order valence-electron chi connectivity index (χ2n) is 16.6. The van der Waals surface area contributed by atoms with E-state index in [4.69, 9.17) is 30.8 Å². The van der Waals surface area contributed by atoms with Crippen molar-refractivity contribution in [3.8, 4) is 11.5 Å². The lowest BCUT2D eigenvalue weighted by Crippen LogP contribution is -2.57. The highest BCUT2D eigenvalue weighted by molar-refractivity contribution is 7.46. The number of carbonyl (C=O) groups is 3. The summed E-state index contributed by atoms with van der Waals surface area (Å²) in [7, 11) is -4.96. The number of rotatable bonds is 39. The smallest absolute Gasteiger partial charge is 0.469 e. The number of phenols is 2. The van der Waals surface area contributed by atoms with Gasteiger partial charge in [0.25, 0.3) is 0 Å². The fourth-order valence-electron chi connectivity index (χ4n) is 6.95. The van der Waals surface area contributed by atoms with Gasteiger partial charge in [0, 0.05) is 12.8 Å². The number of Topliss-reactive ketones (excluding diaryl/α,β-unsaturated/α-hetero) is 2. The van der Waals surface area contributed by atoms with Gasteiger partial charge in [0.2, 0.25) is 5.60 Å². The first-order valence-corrected chi connectivity index (χ1v) is 25.1. The van der Waals surface area contributed by atoms with Crippen LogP contribution in [0.1, 0.15) is 199 Å². The number of phosphoric acid groups is 1. The van der Waals surface area contributed by atoms with E-state index in [1.807, 2.05) is 0 Å². The lowest BCUT2D eigenvalue weighted by Gasteiger charge is -2.30. The summed E-state index contributed by atoms with van der Waals surface area (Å²) in [4.78, 5) is 54.6. The fourth-order valence-corrected chi connectivity index (χ4v) is 7.28.